The van der Waals surface area contributed by atoms with E-state index in [-0.39, 0.29) is 11.0 Å². The van der Waals surface area contributed by atoms with E-state index in [1.165, 1.54) is 17.8 Å². The second-order valence-electron chi connectivity index (χ2n) is 2.24. The summed E-state index contributed by atoms with van der Waals surface area (Å²) >= 11 is 5.57. The Balaban J connectivity index is 3.03. The minimum absolute atomic E-state index is 0.0208. The van der Waals surface area contributed by atoms with Crippen LogP contribution in [0.1, 0.15) is 11.9 Å². The lowest BCUT2D eigenvalue weighted by Gasteiger charge is -2.04. The molecule has 1 rings (SSSR count). The van der Waals surface area contributed by atoms with Crippen molar-refractivity contribution >= 4 is 17.6 Å². The van der Waals surface area contributed by atoms with Crippen molar-refractivity contribution in [2.75, 3.05) is 0 Å². The van der Waals surface area contributed by atoms with Crippen molar-refractivity contribution in [1.29, 1.82) is 0 Å². The number of carboxylic acids is 1. The van der Waals surface area contributed by atoms with Crippen LogP contribution in [0.25, 0.3) is 0 Å². The van der Waals surface area contributed by atoms with E-state index in [0.717, 1.165) is 0 Å². The quantitative estimate of drug-likeness (QED) is 0.698. The van der Waals surface area contributed by atoms with Crippen molar-refractivity contribution in [1.82, 2.24) is 9.55 Å². The smallest absolute Gasteiger partial charge is 0.340 e. The Morgan fingerprint density at radius 1 is 1.83 bits per heavy atom. The van der Waals surface area contributed by atoms with Crippen LogP contribution in [0.3, 0.4) is 0 Å². The Bertz CT molecular complexity index is 310. The number of nitrogens with zero attached hydrogens (tertiary/aromatic N) is 2. The average Bonchev–Trinajstić information content (AvgIpc) is 2.32. The highest BCUT2D eigenvalue weighted by molar-refractivity contribution is 6.29. The second-order valence-corrected chi connectivity index (χ2v) is 2.63. The molecule has 6 heteroatoms. The molecule has 0 amide bonds. The Kier molecular flexibility index (Phi) is 2.35. The van der Waals surface area contributed by atoms with Gasteiger partial charge in [-0.2, -0.15) is 0 Å². The average molecular weight is 191 g/mol. The fraction of sp³-hybridized carbons (Fsp3) is 0.333. The molecule has 0 radical (unpaired) electrons. The topological polar surface area (TPSA) is 75.3 Å². The molecule has 1 atom stereocenters. The fourth-order valence-electron chi connectivity index (χ4n) is 0.767. The van der Waals surface area contributed by atoms with E-state index in [9.17, 15) is 4.79 Å². The number of carbonyl (C=O) groups is 1. The van der Waals surface area contributed by atoms with Gasteiger partial charge in [0.15, 0.2) is 0 Å². The van der Waals surface area contributed by atoms with Gasteiger partial charge in [0.1, 0.15) is 11.0 Å². The second kappa shape index (κ2) is 3.12. The Hall–Kier alpha value is -1.07. The number of hydrogen-bond donors (Lipinski definition) is 2. The van der Waals surface area contributed by atoms with Gasteiger partial charge in [-0.05, 0) is 0 Å². The van der Waals surface area contributed by atoms with Crippen molar-refractivity contribution in [3.8, 4) is 0 Å². The third-order valence-electron chi connectivity index (χ3n) is 1.45. The molecule has 0 aliphatic heterocycles. The van der Waals surface area contributed by atoms with Crippen LogP contribution in [0.4, 0.5) is 0 Å². The van der Waals surface area contributed by atoms with Gasteiger partial charge in [-0.1, -0.05) is 11.6 Å². The van der Waals surface area contributed by atoms with Crippen LogP contribution in [0, 0.1) is 0 Å². The molecule has 0 aliphatic rings. The lowest BCUT2D eigenvalue weighted by atomic mass is 10.3. The van der Waals surface area contributed by atoms with E-state index in [1.54, 1.807) is 0 Å². The maximum absolute atomic E-state index is 10.3. The first-order valence-corrected chi connectivity index (χ1v) is 3.50. The zero-order chi connectivity index (χ0) is 9.30. The third-order valence-corrected chi connectivity index (χ3v) is 1.80. The SMILES string of the molecule is Cn1c(Cl)cnc1C(O)C(=O)O. The van der Waals surface area contributed by atoms with E-state index in [2.05, 4.69) is 4.98 Å². The van der Waals surface area contributed by atoms with Crippen LogP contribution in [0.15, 0.2) is 6.20 Å². The Labute approximate surface area is 73.2 Å². The highest BCUT2D eigenvalue weighted by atomic mass is 35.5. The summed E-state index contributed by atoms with van der Waals surface area (Å²) in [6.45, 7) is 0. The summed E-state index contributed by atoms with van der Waals surface area (Å²) in [5.74, 6) is -1.33. The van der Waals surface area contributed by atoms with Gasteiger partial charge in [0.2, 0.25) is 6.10 Å². The number of carboxylic acid groups (broad SMARTS) is 1. The molecule has 66 valence electrons. The van der Waals surface area contributed by atoms with E-state index in [0.29, 0.717) is 0 Å². The number of aromatic nitrogens is 2. The van der Waals surface area contributed by atoms with Gasteiger partial charge in [-0.15, -0.1) is 0 Å². The van der Waals surface area contributed by atoms with E-state index in [4.69, 9.17) is 21.8 Å². The molecule has 1 unspecified atom stereocenters. The molecule has 1 aromatic rings. The Morgan fingerprint density at radius 2 is 2.42 bits per heavy atom. The van der Waals surface area contributed by atoms with Gasteiger partial charge in [0, 0.05) is 7.05 Å². The number of imidazole rings is 1. The standard InChI is InChI=1S/C6H7ClN2O3/c1-9-3(7)2-8-5(9)4(10)6(11)12/h2,4,10H,1H3,(H,11,12). The van der Waals surface area contributed by atoms with Crippen LogP contribution in [0.5, 0.6) is 0 Å². The summed E-state index contributed by atoms with van der Waals surface area (Å²) in [6.07, 6.45) is -0.342. The van der Waals surface area contributed by atoms with Crippen LogP contribution in [0.2, 0.25) is 5.15 Å². The lowest BCUT2D eigenvalue weighted by molar-refractivity contribution is -0.147. The fourth-order valence-corrected chi connectivity index (χ4v) is 0.902. The summed E-state index contributed by atoms with van der Waals surface area (Å²) < 4.78 is 1.31. The summed E-state index contributed by atoms with van der Waals surface area (Å²) in [4.78, 5) is 14.0. The van der Waals surface area contributed by atoms with E-state index in [1.807, 2.05) is 0 Å². The normalized spacial score (nSPS) is 12.9. The number of aliphatic hydroxyl groups is 1. The van der Waals surface area contributed by atoms with Crippen molar-refractivity contribution in [2.45, 2.75) is 6.10 Å². The van der Waals surface area contributed by atoms with Crippen molar-refractivity contribution in [2.24, 2.45) is 7.05 Å². The lowest BCUT2D eigenvalue weighted by Crippen LogP contribution is -2.15. The molecule has 0 spiro atoms. The number of aliphatic hydroxyl groups excluding tert-OH is 1. The maximum Gasteiger partial charge on any atom is 0.340 e. The van der Waals surface area contributed by atoms with Crippen molar-refractivity contribution in [3.05, 3.63) is 17.2 Å². The molecular weight excluding hydrogens is 184 g/mol. The first-order chi connectivity index (χ1) is 5.54. The first kappa shape index (κ1) is 9.02. The number of halogens is 1. The minimum Gasteiger partial charge on any atom is -0.479 e. The summed E-state index contributed by atoms with van der Waals surface area (Å²) in [6, 6.07) is 0. The third kappa shape index (κ3) is 1.41. The highest BCUT2D eigenvalue weighted by Crippen LogP contribution is 2.15. The number of hydrogen-bond acceptors (Lipinski definition) is 3. The largest absolute Gasteiger partial charge is 0.479 e. The molecule has 0 aromatic carbocycles. The van der Waals surface area contributed by atoms with Crippen molar-refractivity contribution in [3.63, 3.8) is 0 Å². The van der Waals surface area contributed by atoms with Gasteiger partial charge < -0.3 is 14.8 Å². The molecule has 0 aliphatic carbocycles. The van der Waals surface area contributed by atoms with Gasteiger partial charge in [-0.3, -0.25) is 0 Å². The molecule has 0 fully saturated rings. The van der Waals surface area contributed by atoms with E-state index < -0.39 is 12.1 Å². The van der Waals surface area contributed by atoms with Gasteiger partial charge >= 0.3 is 5.97 Å². The van der Waals surface area contributed by atoms with Crippen LogP contribution < -0.4 is 0 Å². The molecule has 0 bridgehead atoms. The van der Waals surface area contributed by atoms with Crippen LogP contribution in [-0.4, -0.2) is 25.7 Å². The van der Waals surface area contributed by atoms with Gasteiger partial charge in [0.25, 0.3) is 0 Å². The summed E-state index contributed by atoms with van der Waals surface area (Å²) in [5.41, 5.74) is 0. The predicted molar refractivity (Wildman–Crippen MR) is 40.8 cm³/mol. The zero-order valence-electron chi connectivity index (χ0n) is 6.23. The molecule has 1 heterocycles. The molecule has 0 saturated heterocycles. The van der Waals surface area contributed by atoms with Crippen LogP contribution >= 0.6 is 11.6 Å². The number of rotatable bonds is 2. The predicted octanol–water partition coefficient (Wildman–Crippen LogP) is 0.191. The number of aliphatic carboxylic acids is 1. The molecule has 1 aromatic heterocycles. The van der Waals surface area contributed by atoms with Crippen LogP contribution in [-0.2, 0) is 11.8 Å². The van der Waals surface area contributed by atoms with E-state index >= 15 is 0 Å². The Morgan fingerprint density at radius 3 is 2.75 bits per heavy atom. The minimum atomic E-state index is -1.62. The molecule has 2 N–H and O–H groups in total. The monoisotopic (exact) mass is 190 g/mol. The first-order valence-electron chi connectivity index (χ1n) is 3.12. The molecular formula is C6H7ClN2O3. The molecule has 12 heavy (non-hydrogen) atoms. The zero-order valence-corrected chi connectivity index (χ0v) is 6.99. The molecule has 0 saturated carbocycles. The summed E-state index contributed by atoms with van der Waals surface area (Å²) in [5, 5.41) is 17.8. The molecule has 5 nitrogen and oxygen atoms in total. The summed E-state index contributed by atoms with van der Waals surface area (Å²) in [7, 11) is 1.52. The van der Waals surface area contributed by atoms with Gasteiger partial charge in [-0.25, -0.2) is 9.78 Å². The maximum atomic E-state index is 10.3. The van der Waals surface area contributed by atoms with Gasteiger partial charge in [0.05, 0.1) is 6.20 Å². The highest BCUT2D eigenvalue weighted by Gasteiger charge is 2.21. The van der Waals surface area contributed by atoms with Crippen molar-refractivity contribution < 1.29 is 15.0 Å².